The summed E-state index contributed by atoms with van der Waals surface area (Å²) >= 11 is 1.64. The molecule has 4 rings (SSSR count). The lowest BCUT2D eigenvalue weighted by Gasteiger charge is -2.22. The Bertz CT molecular complexity index is 1020. The van der Waals surface area contributed by atoms with Gasteiger partial charge in [-0.25, -0.2) is 0 Å². The van der Waals surface area contributed by atoms with Gasteiger partial charge in [0.2, 0.25) is 0 Å². The molecule has 0 saturated carbocycles. The van der Waals surface area contributed by atoms with Gasteiger partial charge in [0.05, 0.1) is 6.04 Å². The molecule has 0 aliphatic heterocycles. The highest BCUT2D eigenvalue weighted by Gasteiger charge is 2.22. The molecule has 1 atom stereocenters. The Kier molecular flexibility index (Phi) is 5.18. The van der Waals surface area contributed by atoms with Gasteiger partial charge in [0.15, 0.2) is 5.78 Å². The lowest BCUT2D eigenvalue weighted by molar-refractivity contribution is 0.0935. The maximum Gasteiger partial charge on any atom is 0.268 e. The first-order chi connectivity index (χ1) is 13.5. The van der Waals surface area contributed by atoms with Gasteiger partial charge in [0.1, 0.15) is 5.69 Å². The number of thiophene rings is 1. The molecule has 0 bridgehead atoms. The molecule has 0 saturated heterocycles. The van der Waals surface area contributed by atoms with Crippen molar-refractivity contribution in [1.82, 2.24) is 9.88 Å². The van der Waals surface area contributed by atoms with E-state index in [9.17, 15) is 9.59 Å². The van der Waals surface area contributed by atoms with Gasteiger partial charge >= 0.3 is 0 Å². The molecule has 1 aliphatic rings. The second kappa shape index (κ2) is 7.76. The van der Waals surface area contributed by atoms with Crippen molar-refractivity contribution in [3.8, 4) is 0 Å². The molecule has 1 amide bonds. The molecule has 5 heteroatoms. The minimum absolute atomic E-state index is 0.0425. The summed E-state index contributed by atoms with van der Waals surface area (Å²) in [6.07, 6.45) is 6.43. The fourth-order valence-electron chi connectivity index (χ4n) is 3.90. The second-order valence-electron chi connectivity index (χ2n) is 7.44. The summed E-state index contributed by atoms with van der Waals surface area (Å²) in [5.41, 5.74) is 4.98. The number of amides is 1. The molecule has 144 valence electrons. The zero-order chi connectivity index (χ0) is 19.7. The van der Waals surface area contributed by atoms with Crippen LogP contribution in [-0.2, 0) is 19.9 Å². The topological polar surface area (TPSA) is 51.1 Å². The molecule has 2 heterocycles. The van der Waals surface area contributed by atoms with Crippen LogP contribution in [-0.4, -0.2) is 16.3 Å². The monoisotopic (exact) mass is 392 g/mol. The smallest absolute Gasteiger partial charge is 0.268 e. The molecule has 2 aromatic heterocycles. The lowest BCUT2D eigenvalue weighted by Crippen LogP contribution is -2.30. The van der Waals surface area contributed by atoms with Crippen LogP contribution >= 0.6 is 11.3 Å². The van der Waals surface area contributed by atoms with Gasteiger partial charge in [-0.05, 0) is 66.8 Å². The van der Waals surface area contributed by atoms with Crippen molar-refractivity contribution < 1.29 is 9.59 Å². The molecule has 4 nitrogen and oxygen atoms in total. The second-order valence-corrected chi connectivity index (χ2v) is 8.42. The van der Waals surface area contributed by atoms with E-state index >= 15 is 0 Å². The van der Waals surface area contributed by atoms with Crippen molar-refractivity contribution in [2.24, 2.45) is 7.05 Å². The fraction of sp³-hybridized carbons (Fsp3) is 0.304. The first-order valence-electron chi connectivity index (χ1n) is 9.66. The Morgan fingerprint density at radius 2 is 1.89 bits per heavy atom. The number of hydrogen-bond acceptors (Lipinski definition) is 3. The molecular formula is C23H24N2O2S. The Hall–Kier alpha value is -2.66. The van der Waals surface area contributed by atoms with Crippen LogP contribution in [0.3, 0.4) is 0 Å². The molecule has 1 unspecified atom stereocenters. The molecule has 1 N–H and O–H groups in total. The Balaban J connectivity index is 1.66. The predicted molar refractivity (Wildman–Crippen MR) is 112 cm³/mol. The number of Topliss-reactive ketones (excluding diaryl/α,β-unsaturated/α-hetero) is 1. The van der Waals surface area contributed by atoms with E-state index in [0.29, 0.717) is 11.3 Å². The number of carbonyl (C=O) groups is 2. The van der Waals surface area contributed by atoms with Gasteiger partial charge in [0.25, 0.3) is 5.91 Å². The maximum absolute atomic E-state index is 13.0. The van der Waals surface area contributed by atoms with Crippen LogP contribution in [0.5, 0.6) is 0 Å². The van der Waals surface area contributed by atoms with Crippen molar-refractivity contribution in [1.29, 1.82) is 0 Å². The molecule has 1 aromatic carbocycles. The molecule has 1 aliphatic carbocycles. The number of fused-ring (bicyclic) bond motifs is 1. The predicted octanol–water partition coefficient (Wildman–Crippen LogP) is 4.69. The van der Waals surface area contributed by atoms with Gasteiger partial charge in [-0.2, -0.15) is 0 Å². The van der Waals surface area contributed by atoms with Crippen LogP contribution in [0.4, 0.5) is 0 Å². The van der Waals surface area contributed by atoms with Crippen LogP contribution in [0.1, 0.15) is 68.2 Å². The highest BCUT2D eigenvalue weighted by molar-refractivity contribution is 7.10. The van der Waals surface area contributed by atoms with E-state index in [1.807, 2.05) is 11.4 Å². The van der Waals surface area contributed by atoms with Gasteiger partial charge in [-0.15, -0.1) is 11.3 Å². The number of hydrogen-bond donors (Lipinski definition) is 1. The minimum atomic E-state index is -0.199. The zero-order valence-corrected chi connectivity index (χ0v) is 17.0. The first-order valence-corrected chi connectivity index (χ1v) is 10.5. The third kappa shape index (κ3) is 3.67. The Morgan fingerprint density at radius 3 is 2.57 bits per heavy atom. The summed E-state index contributed by atoms with van der Waals surface area (Å²) in [7, 11) is 1.79. The van der Waals surface area contributed by atoms with Crippen LogP contribution in [0.25, 0.3) is 0 Å². The highest BCUT2D eigenvalue weighted by Crippen LogP contribution is 2.30. The average Bonchev–Trinajstić information content (AvgIpc) is 3.35. The van der Waals surface area contributed by atoms with Gasteiger partial charge < -0.3 is 9.88 Å². The van der Waals surface area contributed by atoms with Crippen LogP contribution in [0.2, 0.25) is 0 Å². The Labute approximate surface area is 169 Å². The number of rotatable bonds is 5. The average molecular weight is 393 g/mol. The van der Waals surface area contributed by atoms with Crippen LogP contribution < -0.4 is 5.32 Å². The number of ketones is 1. The summed E-state index contributed by atoms with van der Waals surface area (Å²) in [6.45, 7) is 1.51. The van der Waals surface area contributed by atoms with Gasteiger partial charge in [-0.3, -0.25) is 9.59 Å². The number of nitrogens with zero attached hydrogens (tertiary/aromatic N) is 1. The van der Waals surface area contributed by atoms with Gasteiger partial charge in [-0.1, -0.05) is 24.3 Å². The molecule has 0 spiro atoms. The number of aromatic nitrogens is 1. The SMILES string of the molecule is CC(=O)c1cc(C(=O)NC(c2ccc3c(c2)CCCC3)c2cccs2)n(C)c1. The van der Waals surface area contributed by atoms with E-state index in [-0.39, 0.29) is 17.7 Å². The molecule has 0 radical (unpaired) electrons. The lowest BCUT2D eigenvalue weighted by atomic mass is 9.89. The van der Waals surface area contributed by atoms with E-state index in [1.165, 1.54) is 30.9 Å². The largest absolute Gasteiger partial charge is 0.346 e. The van der Waals surface area contributed by atoms with Gasteiger partial charge in [0, 0.05) is 23.7 Å². The highest BCUT2D eigenvalue weighted by atomic mass is 32.1. The fourth-order valence-corrected chi connectivity index (χ4v) is 4.70. The van der Waals surface area contributed by atoms with Crippen molar-refractivity contribution >= 4 is 23.0 Å². The van der Waals surface area contributed by atoms with Crippen LogP contribution in [0.15, 0.2) is 48.0 Å². The quantitative estimate of drug-likeness (QED) is 0.641. The summed E-state index contributed by atoms with van der Waals surface area (Å²) in [5, 5.41) is 5.22. The summed E-state index contributed by atoms with van der Waals surface area (Å²) < 4.78 is 1.71. The van der Waals surface area contributed by atoms with E-state index in [0.717, 1.165) is 23.3 Å². The third-order valence-electron chi connectivity index (χ3n) is 5.45. The number of benzene rings is 1. The summed E-state index contributed by atoms with van der Waals surface area (Å²) in [5.74, 6) is -0.217. The van der Waals surface area contributed by atoms with Crippen molar-refractivity contribution in [3.05, 3.63) is 80.8 Å². The number of nitrogens with one attached hydrogen (secondary N) is 1. The molecule has 28 heavy (non-hydrogen) atoms. The van der Waals surface area contributed by atoms with Crippen molar-refractivity contribution in [2.45, 2.75) is 38.6 Å². The molecule has 0 fully saturated rings. The summed E-state index contributed by atoms with van der Waals surface area (Å²) in [4.78, 5) is 25.8. The van der Waals surface area contributed by atoms with E-state index in [2.05, 4.69) is 29.6 Å². The minimum Gasteiger partial charge on any atom is -0.346 e. The number of carbonyl (C=O) groups excluding carboxylic acids is 2. The van der Waals surface area contributed by atoms with E-state index < -0.39 is 0 Å². The first kappa shape index (κ1) is 18.7. The van der Waals surface area contributed by atoms with Crippen molar-refractivity contribution in [3.63, 3.8) is 0 Å². The molecular weight excluding hydrogens is 368 g/mol. The third-order valence-corrected chi connectivity index (χ3v) is 6.39. The maximum atomic E-state index is 13.0. The standard InChI is InChI=1S/C23H24N2O2S/c1-15(26)19-13-20(25(2)14-19)23(27)24-22(21-8-5-11-28-21)18-10-9-16-6-3-4-7-17(16)12-18/h5,8-14,22H,3-4,6-7H2,1-2H3,(H,24,27). The molecule has 3 aromatic rings. The van der Waals surface area contributed by atoms with Crippen LogP contribution in [0, 0.1) is 0 Å². The van der Waals surface area contributed by atoms with E-state index in [4.69, 9.17) is 0 Å². The normalized spacial score (nSPS) is 14.4. The zero-order valence-electron chi connectivity index (χ0n) is 16.2. The van der Waals surface area contributed by atoms with Crippen molar-refractivity contribution in [2.75, 3.05) is 0 Å². The van der Waals surface area contributed by atoms with E-state index in [1.54, 1.807) is 35.2 Å². The Morgan fingerprint density at radius 1 is 1.11 bits per heavy atom. The summed E-state index contributed by atoms with van der Waals surface area (Å²) in [6, 6.07) is 12.1. The number of aryl methyl sites for hydroxylation is 3.